The maximum atomic E-state index is 6.21. The summed E-state index contributed by atoms with van der Waals surface area (Å²) in [6, 6.07) is 0. The molecule has 2 heteroatoms. The summed E-state index contributed by atoms with van der Waals surface area (Å²) in [6.07, 6.45) is 3.54. The number of ether oxygens (including phenoxy) is 2. The highest BCUT2D eigenvalue weighted by molar-refractivity contribution is 5.14. The van der Waals surface area contributed by atoms with E-state index < -0.39 is 0 Å². The minimum Gasteiger partial charge on any atom is -0.381 e. The van der Waals surface area contributed by atoms with Crippen LogP contribution in [0.2, 0.25) is 0 Å². The van der Waals surface area contributed by atoms with Crippen LogP contribution in [0.25, 0.3) is 0 Å². The van der Waals surface area contributed by atoms with Crippen LogP contribution in [0.3, 0.4) is 0 Å². The van der Waals surface area contributed by atoms with Crippen LogP contribution >= 0.6 is 0 Å². The fourth-order valence-electron chi connectivity index (χ4n) is 4.32. The zero-order chi connectivity index (χ0) is 11.4. The molecular weight excluding hydrogens is 200 g/mol. The quantitative estimate of drug-likeness (QED) is 0.630. The predicted octanol–water partition coefficient (Wildman–Crippen LogP) is 2.86. The molecule has 1 aliphatic carbocycles. The first-order valence-corrected chi connectivity index (χ1v) is 6.76. The fraction of sp³-hybridized carbons (Fsp3) is 1.00. The third kappa shape index (κ3) is 1.53. The molecule has 1 saturated carbocycles. The maximum absolute atomic E-state index is 6.21. The highest BCUT2D eigenvalue weighted by atomic mass is 16.5. The third-order valence-electron chi connectivity index (χ3n) is 4.96. The number of fused-ring (bicyclic) bond motifs is 2. The smallest absolute Gasteiger partial charge is 0.0760 e. The van der Waals surface area contributed by atoms with Gasteiger partial charge in [-0.05, 0) is 29.6 Å². The molecule has 2 saturated heterocycles. The molecule has 0 aromatic heterocycles. The van der Waals surface area contributed by atoms with Crippen molar-refractivity contribution < 1.29 is 9.47 Å². The minimum atomic E-state index is 0.194. The van der Waals surface area contributed by atoms with Crippen molar-refractivity contribution in [3.63, 3.8) is 0 Å². The van der Waals surface area contributed by atoms with Crippen molar-refractivity contribution in [3.8, 4) is 0 Å². The molecule has 1 spiro atoms. The van der Waals surface area contributed by atoms with Crippen LogP contribution in [0.1, 0.15) is 40.0 Å². The van der Waals surface area contributed by atoms with E-state index in [0.717, 1.165) is 50.4 Å². The van der Waals surface area contributed by atoms with Crippen LogP contribution in [0, 0.1) is 23.2 Å². The Kier molecular flexibility index (Phi) is 2.38. The fourth-order valence-corrected chi connectivity index (χ4v) is 4.32. The lowest BCUT2D eigenvalue weighted by Gasteiger charge is -2.41. The molecule has 2 nitrogen and oxygen atoms in total. The first-order chi connectivity index (χ1) is 7.55. The minimum absolute atomic E-state index is 0.194. The van der Waals surface area contributed by atoms with E-state index in [0.29, 0.717) is 5.41 Å². The van der Waals surface area contributed by atoms with Crippen molar-refractivity contribution in [1.29, 1.82) is 0 Å². The van der Waals surface area contributed by atoms with Crippen molar-refractivity contribution in [1.82, 2.24) is 0 Å². The van der Waals surface area contributed by atoms with Gasteiger partial charge in [0.05, 0.1) is 5.60 Å². The Morgan fingerprint density at radius 2 is 1.75 bits per heavy atom. The Morgan fingerprint density at radius 3 is 2.38 bits per heavy atom. The molecule has 3 fully saturated rings. The lowest BCUT2D eigenvalue weighted by atomic mass is 9.81. The van der Waals surface area contributed by atoms with Gasteiger partial charge >= 0.3 is 0 Å². The van der Waals surface area contributed by atoms with Gasteiger partial charge in [0.15, 0.2) is 0 Å². The van der Waals surface area contributed by atoms with Gasteiger partial charge in [0.2, 0.25) is 0 Å². The molecule has 0 bridgehead atoms. The molecule has 0 N–H and O–H groups in total. The molecule has 3 atom stereocenters. The van der Waals surface area contributed by atoms with Crippen LogP contribution in [-0.2, 0) is 9.47 Å². The van der Waals surface area contributed by atoms with Crippen molar-refractivity contribution in [3.05, 3.63) is 0 Å². The lowest BCUT2D eigenvalue weighted by Crippen LogP contribution is -2.44. The topological polar surface area (TPSA) is 18.5 Å². The highest BCUT2D eigenvalue weighted by Gasteiger charge is 2.66. The second-order valence-electron chi connectivity index (χ2n) is 6.90. The number of hydrogen-bond acceptors (Lipinski definition) is 2. The van der Waals surface area contributed by atoms with Crippen LogP contribution in [0.4, 0.5) is 0 Å². The van der Waals surface area contributed by atoms with E-state index in [9.17, 15) is 0 Å². The van der Waals surface area contributed by atoms with Crippen LogP contribution in [0.15, 0.2) is 0 Å². The Morgan fingerprint density at radius 1 is 1.06 bits per heavy atom. The molecule has 0 unspecified atom stereocenters. The second kappa shape index (κ2) is 3.46. The standard InChI is InChI=1S/C14H24O2/c1-13(2,3)11-10-4-7-16-14(12(10)11)5-8-15-9-6-14/h10-12H,4-9H2,1-3H3/t10-,11+,12-/m0/s1. The first kappa shape index (κ1) is 11.0. The third-order valence-corrected chi connectivity index (χ3v) is 4.96. The van der Waals surface area contributed by atoms with Gasteiger partial charge in [-0.3, -0.25) is 0 Å². The van der Waals surface area contributed by atoms with Gasteiger partial charge < -0.3 is 9.47 Å². The molecule has 3 rings (SSSR count). The number of hydrogen-bond donors (Lipinski definition) is 0. The van der Waals surface area contributed by atoms with Gasteiger partial charge in [0, 0.05) is 32.7 Å². The Hall–Kier alpha value is -0.0800. The molecule has 0 aromatic carbocycles. The first-order valence-electron chi connectivity index (χ1n) is 6.76. The van der Waals surface area contributed by atoms with Gasteiger partial charge in [-0.2, -0.15) is 0 Å². The van der Waals surface area contributed by atoms with Crippen molar-refractivity contribution in [2.75, 3.05) is 19.8 Å². The monoisotopic (exact) mass is 224 g/mol. The molecular formula is C14H24O2. The van der Waals surface area contributed by atoms with E-state index in [1.54, 1.807) is 0 Å². The average Bonchev–Trinajstić information content (AvgIpc) is 2.95. The van der Waals surface area contributed by atoms with Crippen LogP contribution < -0.4 is 0 Å². The van der Waals surface area contributed by atoms with E-state index in [4.69, 9.17) is 9.47 Å². The molecule has 0 aromatic rings. The zero-order valence-corrected chi connectivity index (χ0v) is 10.8. The molecule has 3 aliphatic rings. The number of rotatable bonds is 0. The highest BCUT2D eigenvalue weighted by Crippen LogP contribution is 2.66. The summed E-state index contributed by atoms with van der Waals surface area (Å²) in [6.45, 7) is 9.96. The summed E-state index contributed by atoms with van der Waals surface area (Å²) in [5, 5.41) is 0. The Balaban J connectivity index is 1.81. The van der Waals surface area contributed by atoms with Crippen LogP contribution in [-0.4, -0.2) is 25.4 Å². The van der Waals surface area contributed by atoms with E-state index in [2.05, 4.69) is 20.8 Å². The molecule has 16 heavy (non-hydrogen) atoms. The van der Waals surface area contributed by atoms with Crippen LogP contribution in [0.5, 0.6) is 0 Å². The van der Waals surface area contributed by atoms with E-state index in [1.807, 2.05) is 0 Å². The second-order valence-corrected chi connectivity index (χ2v) is 6.90. The van der Waals surface area contributed by atoms with Gasteiger partial charge in [-0.25, -0.2) is 0 Å². The average molecular weight is 224 g/mol. The summed E-state index contributed by atoms with van der Waals surface area (Å²) in [5.74, 6) is 2.64. The summed E-state index contributed by atoms with van der Waals surface area (Å²) < 4.78 is 11.7. The van der Waals surface area contributed by atoms with E-state index in [1.165, 1.54) is 6.42 Å². The molecule has 2 aliphatic heterocycles. The van der Waals surface area contributed by atoms with Gasteiger partial charge in [-0.15, -0.1) is 0 Å². The normalized spacial score (nSPS) is 41.8. The SMILES string of the molecule is CC(C)(C)[C@@H]1[C@@H]2CCOC3(CCOCC3)[C@@H]21. The van der Waals surface area contributed by atoms with Gasteiger partial charge in [0.25, 0.3) is 0 Å². The summed E-state index contributed by atoms with van der Waals surface area (Å²) >= 11 is 0. The summed E-state index contributed by atoms with van der Waals surface area (Å²) in [7, 11) is 0. The summed E-state index contributed by atoms with van der Waals surface area (Å²) in [5.41, 5.74) is 0.646. The lowest BCUT2D eigenvalue weighted by molar-refractivity contribution is -0.144. The van der Waals surface area contributed by atoms with E-state index >= 15 is 0 Å². The van der Waals surface area contributed by atoms with Crippen molar-refractivity contribution in [2.24, 2.45) is 23.2 Å². The maximum Gasteiger partial charge on any atom is 0.0760 e. The van der Waals surface area contributed by atoms with Crippen molar-refractivity contribution >= 4 is 0 Å². The molecule has 0 radical (unpaired) electrons. The Labute approximate surface area is 98.7 Å². The molecule has 2 heterocycles. The Bertz CT molecular complexity index is 267. The van der Waals surface area contributed by atoms with Crippen molar-refractivity contribution in [2.45, 2.75) is 45.6 Å². The zero-order valence-electron chi connectivity index (χ0n) is 10.8. The molecule has 0 amide bonds. The molecule has 92 valence electrons. The van der Waals surface area contributed by atoms with E-state index in [-0.39, 0.29) is 5.60 Å². The largest absolute Gasteiger partial charge is 0.381 e. The van der Waals surface area contributed by atoms with Gasteiger partial charge in [-0.1, -0.05) is 20.8 Å². The van der Waals surface area contributed by atoms with Gasteiger partial charge in [0.1, 0.15) is 0 Å². The predicted molar refractivity (Wildman–Crippen MR) is 63.3 cm³/mol. The summed E-state index contributed by atoms with van der Waals surface area (Å²) in [4.78, 5) is 0.